The third-order valence-corrected chi connectivity index (χ3v) is 9.03. The van der Waals surface area contributed by atoms with Gasteiger partial charge < -0.3 is 21.1 Å². The van der Waals surface area contributed by atoms with Gasteiger partial charge in [0.1, 0.15) is 5.02 Å². The zero-order valence-corrected chi connectivity index (χ0v) is 23.7. The Balaban J connectivity index is 1.38. The molecule has 13 heteroatoms. The van der Waals surface area contributed by atoms with Crippen LogP contribution in [0.1, 0.15) is 26.7 Å². The highest BCUT2D eigenvalue weighted by Gasteiger charge is 2.25. The van der Waals surface area contributed by atoms with Gasteiger partial charge in [-0.1, -0.05) is 23.7 Å². The summed E-state index contributed by atoms with van der Waals surface area (Å²) in [6.45, 7) is 4.58. The molecule has 1 aliphatic heterocycles. The number of hydrogen-bond acceptors (Lipinski definition) is 9. The molecule has 0 bridgehead atoms. The Kier molecular flexibility index (Phi) is 9.23. The number of aromatic nitrogens is 2. The molecule has 4 rings (SSSR count). The number of piperidine rings is 1. The molecule has 1 amide bonds. The Labute approximate surface area is 237 Å². The minimum atomic E-state index is -3.54. The Bertz CT molecular complexity index is 1470. The number of anilines is 5. The highest BCUT2D eigenvalue weighted by molar-refractivity contribution is 7.92. The number of carboxylic acid groups (broad SMARTS) is 1. The smallest absolute Gasteiger partial charge is 0.306 e. The summed E-state index contributed by atoms with van der Waals surface area (Å²) >= 11 is 6.30. The molecular weight excluding hydrogens is 556 g/mol. The number of carbonyl (C=O) groups excluding carboxylic acids is 1. The fourth-order valence-corrected chi connectivity index (χ4v) is 5.56. The van der Waals surface area contributed by atoms with Crippen LogP contribution in [-0.4, -0.2) is 65.2 Å². The van der Waals surface area contributed by atoms with E-state index in [-0.39, 0.29) is 40.1 Å². The number of para-hydroxylation sites is 1. The molecule has 1 saturated heterocycles. The molecule has 0 aliphatic carbocycles. The molecular formula is C27H31ClN6O5S. The number of hydrogen-bond donors (Lipinski definition) is 4. The molecule has 2 heterocycles. The van der Waals surface area contributed by atoms with E-state index in [0.29, 0.717) is 43.0 Å². The quantitative estimate of drug-likeness (QED) is 0.266. The van der Waals surface area contributed by atoms with Gasteiger partial charge in [0, 0.05) is 11.4 Å². The van der Waals surface area contributed by atoms with Crippen LogP contribution in [0, 0.1) is 5.92 Å². The number of nitrogens with one attached hydrogen (secondary N) is 3. The summed E-state index contributed by atoms with van der Waals surface area (Å²) in [4.78, 5) is 34.3. The van der Waals surface area contributed by atoms with Gasteiger partial charge in [-0.2, -0.15) is 4.98 Å². The van der Waals surface area contributed by atoms with E-state index in [1.807, 2.05) is 4.90 Å². The zero-order valence-electron chi connectivity index (χ0n) is 22.1. The minimum absolute atomic E-state index is 0.150. The maximum Gasteiger partial charge on any atom is 0.306 e. The van der Waals surface area contributed by atoms with Gasteiger partial charge in [0.15, 0.2) is 15.7 Å². The van der Waals surface area contributed by atoms with Gasteiger partial charge in [0.2, 0.25) is 11.9 Å². The van der Waals surface area contributed by atoms with E-state index >= 15 is 0 Å². The molecule has 3 aromatic rings. The third kappa shape index (κ3) is 7.26. The first-order valence-corrected chi connectivity index (χ1v) is 14.7. The van der Waals surface area contributed by atoms with Crippen LogP contribution in [0.15, 0.2) is 59.6 Å². The van der Waals surface area contributed by atoms with Crippen molar-refractivity contribution in [2.45, 2.75) is 36.8 Å². The largest absolute Gasteiger partial charge is 0.481 e. The van der Waals surface area contributed by atoms with Gasteiger partial charge in [0.05, 0.1) is 34.5 Å². The van der Waals surface area contributed by atoms with Crippen LogP contribution in [-0.2, 0) is 19.4 Å². The van der Waals surface area contributed by atoms with E-state index in [0.717, 1.165) is 0 Å². The van der Waals surface area contributed by atoms with E-state index in [4.69, 9.17) is 16.7 Å². The predicted octanol–water partition coefficient (Wildman–Crippen LogP) is 4.53. The lowest BCUT2D eigenvalue weighted by atomic mass is 9.97. The highest BCUT2D eigenvalue weighted by atomic mass is 35.5. The van der Waals surface area contributed by atoms with Crippen molar-refractivity contribution in [2.75, 3.05) is 35.6 Å². The lowest BCUT2D eigenvalue weighted by Gasteiger charge is -2.29. The number of sulfone groups is 1. The number of carbonyl (C=O) groups is 2. The predicted molar refractivity (Wildman–Crippen MR) is 154 cm³/mol. The van der Waals surface area contributed by atoms with Gasteiger partial charge in [0.25, 0.3) is 0 Å². The van der Waals surface area contributed by atoms with Crippen LogP contribution in [0.3, 0.4) is 0 Å². The summed E-state index contributed by atoms with van der Waals surface area (Å²) in [6, 6.07) is 13.5. The van der Waals surface area contributed by atoms with Crippen molar-refractivity contribution in [2.24, 2.45) is 5.92 Å². The fraction of sp³-hybridized carbons (Fsp3) is 0.333. The average molecular weight is 587 g/mol. The number of carboxylic acids is 1. The minimum Gasteiger partial charge on any atom is -0.481 e. The van der Waals surface area contributed by atoms with Crippen LogP contribution in [0.5, 0.6) is 0 Å². The number of rotatable bonds is 10. The number of halogens is 1. The topological polar surface area (TPSA) is 154 Å². The van der Waals surface area contributed by atoms with Crippen molar-refractivity contribution in [1.29, 1.82) is 0 Å². The van der Waals surface area contributed by atoms with Crippen molar-refractivity contribution in [1.82, 2.24) is 14.9 Å². The van der Waals surface area contributed by atoms with Crippen LogP contribution < -0.4 is 16.0 Å². The molecule has 11 nitrogen and oxygen atoms in total. The molecule has 2 aromatic carbocycles. The second-order valence-electron chi connectivity index (χ2n) is 9.74. The van der Waals surface area contributed by atoms with Crippen LogP contribution in [0.4, 0.5) is 28.8 Å². The van der Waals surface area contributed by atoms with E-state index < -0.39 is 21.1 Å². The van der Waals surface area contributed by atoms with Gasteiger partial charge in [-0.05, 0) is 76.2 Å². The number of aliphatic carboxylic acids is 1. The number of benzene rings is 2. The number of nitrogens with zero attached hydrogens (tertiary/aromatic N) is 3. The maximum absolute atomic E-state index is 12.8. The monoisotopic (exact) mass is 586 g/mol. The Morgan fingerprint density at radius 1 is 1.05 bits per heavy atom. The third-order valence-electron chi connectivity index (χ3n) is 6.54. The molecule has 1 aliphatic rings. The van der Waals surface area contributed by atoms with E-state index in [1.54, 1.807) is 56.3 Å². The standard InChI is InChI=1S/C27H31ClN6O5S/c1-17(2)40(38,39)23-6-4-3-5-22(23)32-25-21(28)15-29-27(33-25)31-20-9-7-19(8-10-20)30-24(35)16-34-13-11-18(12-14-34)26(36)37/h3-10,15,17-18H,11-14,16H2,1-2H3,(H,30,35)(H,36,37)(H2,29,31,32,33). The highest BCUT2D eigenvalue weighted by Crippen LogP contribution is 2.30. The second kappa shape index (κ2) is 12.6. The lowest BCUT2D eigenvalue weighted by Crippen LogP contribution is -2.40. The normalized spacial score (nSPS) is 14.6. The first-order chi connectivity index (χ1) is 19.0. The van der Waals surface area contributed by atoms with Crippen LogP contribution >= 0.6 is 11.6 Å². The van der Waals surface area contributed by atoms with Gasteiger partial charge in [-0.25, -0.2) is 13.4 Å². The van der Waals surface area contributed by atoms with E-state index in [1.165, 1.54) is 12.3 Å². The molecule has 1 aromatic heterocycles. The van der Waals surface area contributed by atoms with Crippen molar-refractivity contribution in [3.8, 4) is 0 Å². The molecule has 212 valence electrons. The zero-order chi connectivity index (χ0) is 28.9. The van der Waals surface area contributed by atoms with Crippen molar-refractivity contribution in [3.05, 3.63) is 59.8 Å². The van der Waals surface area contributed by atoms with Crippen molar-refractivity contribution in [3.63, 3.8) is 0 Å². The van der Waals surface area contributed by atoms with E-state index in [9.17, 15) is 18.0 Å². The average Bonchev–Trinajstić information content (AvgIpc) is 2.92. The van der Waals surface area contributed by atoms with Crippen molar-refractivity contribution < 1.29 is 23.1 Å². The van der Waals surface area contributed by atoms with Crippen LogP contribution in [0.25, 0.3) is 0 Å². The summed E-state index contributed by atoms with van der Waals surface area (Å²) in [5, 5.41) is 17.7. The molecule has 1 fully saturated rings. The van der Waals surface area contributed by atoms with Crippen molar-refractivity contribution >= 4 is 62.1 Å². The fourth-order valence-electron chi connectivity index (χ4n) is 4.22. The molecule has 0 spiro atoms. The van der Waals surface area contributed by atoms with Crippen LogP contribution in [0.2, 0.25) is 5.02 Å². The second-order valence-corrected chi connectivity index (χ2v) is 12.6. The first-order valence-electron chi connectivity index (χ1n) is 12.8. The summed E-state index contributed by atoms with van der Waals surface area (Å²) in [5.74, 6) is -0.824. The van der Waals surface area contributed by atoms with Gasteiger partial charge in [-0.3, -0.25) is 14.5 Å². The number of amides is 1. The van der Waals surface area contributed by atoms with E-state index in [2.05, 4.69) is 25.9 Å². The maximum atomic E-state index is 12.8. The Morgan fingerprint density at radius 2 is 1.70 bits per heavy atom. The van der Waals surface area contributed by atoms with Gasteiger partial charge in [-0.15, -0.1) is 0 Å². The first kappa shape index (κ1) is 29.2. The molecule has 0 unspecified atom stereocenters. The molecule has 40 heavy (non-hydrogen) atoms. The summed E-state index contributed by atoms with van der Waals surface area (Å²) in [5.41, 5.74) is 1.62. The van der Waals surface area contributed by atoms with Gasteiger partial charge >= 0.3 is 5.97 Å². The molecule has 0 saturated carbocycles. The number of likely N-dealkylation sites (tertiary alicyclic amines) is 1. The molecule has 0 atom stereocenters. The Morgan fingerprint density at radius 3 is 2.35 bits per heavy atom. The Hall–Kier alpha value is -3.74. The molecule has 4 N–H and O–H groups in total. The lowest BCUT2D eigenvalue weighted by molar-refractivity contribution is -0.143. The summed E-state index contributed by atoms with van der Waals surface area (Å²) in [7, 11) is -3.54. The molecule has 0 radical (unpaired) electrons. The SMILES string of the molecule is CC(C)S(=O)(=O)c1ccccc1Nc1nc(Nc2ccc(NC(=O)CN3CCC(C(=O)O)CC3)cc2)ncc1Cl. The summed E-state index contributed by atoms with van der Waals surface area (Å²) in [6.07, 6.45) is 2.49. The summed E-state index contributed by atoms with van der Waals surface area (Å²) < 4.78 is 25.6.